The van der Waals surface area contributed by atoms with Crippen LogP contribution in [-0.2, 0) is 0 Å². The zero-order chi connectivity index (χ0) is 13.0. The molecular formula is C13H23N3OS. The number of hydrogen-bond donors (Lipinski definition) is 1. The number of likely N-dealkylation sites (tertiary alicyclic amines) is 1. The SMILES string of the molecule is NC(=S)CCN(C(=O)N1CCCCCC1)C1CC1. The normalized spacial score (nSPS) is 20.3. The second kappa shape index (κ2) is 6.36. The molecule has 0 unspecified atom stereocenters. The van der Waals surface area contributed by atoms with Gasteiger partial charge in [-0.3, -0.25) is 0 Å². The predicted octanol–water partition coefficient (Wildman–Crippen LogP) is 2.12. The molecule has 2 rings (SSSR count). The van der Waals surface area contributed by atoms with Crippen LogP contribution < -0.4 is 5.73 Å². The first-order valence-electron chi connectivity index (χ1n) is 7.02. The lowest BCUT2D eigenvalue weighted by molar-refractivity contribution is 0.152. The van der Waals surface area contributed by atoms with Crippen LogP contribution in [0.25, 0.3) is 0 Å². The molecule has 5 heteroatoms. The van der Waals surface area contributed by atoms with Gasteiger partial charge in [0.25, 0.3) is 0 Å². The molecule has 1 saturated carbocycles. The largest absolute Gasteiger partial charge is 0.393 e. The van der Waals surface area contributed by atoms with Crippen molar-refractivity contribution in [1.29, 1.82) is 0 Å². The second-order valence-corrected chi connectivity index (χ2v) is 5.85. The first-order chi connectivity index (χ1) is 8.68. The van der Waals surface area contributed by atoms with Crippen LogP contribution in [0.3, 0.4) is 0 Å². The number of hydrogen-bond acceptors (Lipinski definition) is 2. The van der Waals surface area contributed by atoms with Crippen molar-refractivity contribution in [1.82, 2.24) is 9.80 Å². The average molecular weight is 269 g/mol. The summed E-state index contributed by atoms with van der Waals surface area (Å²) in [4.78, 5) is 17.0. The Balaban J connectivity index is 1.91. The van der Waals surface area contributed by atoms with Gasteiger partial charge in [-0.25, -0.2) is 4.79 Å². The van der Waals surface area contributed by atoms with Gasteiger partial charge in [-0.05, 0) is 25.7 Å². The fourth-order valence-electron chi connectivity index (χ4n) is 2.49. The minimum Gasteiger partial charge on any atom is -0.393 e. The molecule has 2 aliphatic rings. The van der Waals surface area contributed by atoms with Crippen molar-refractivity contribution in [3.8, 4) is 0 Å². The highest BCUT2D eigenvalue weighted by Gasteiger charge is 2.34. The number of urea groups is 1. The molecule has 0 aromatic heterocycles. The number of carbonyl (C=O) groups excluding carboxylic acids is 1. The van der Waals surface area contributed by atoms with E-state index in [2.05, 4.69) is 0 Å². The highest BCUT2D eigenvalue weighted by atomic mass is 32.1. The first kappa shape index (κ1) is 13.6. The Morgan fingerprint density at radius 3 is 2.33 bits per heavy atom. The molecular weight excluding hydrogens is 246 g/mol. The quantitative estimate of drug-likeness (QED) is 0.795. The van der Waals surface area contributed by atoms with E-state index in [0.29, 0.717) is 24.0 Å². The van der Waals surface area contributed by atoms with Crippen molar-refractivity contribution in [3.63, 3.8) is 0 Å². The summed E-state index contributed by atoms with van der Waals surface area (Å²) in [6, 6.07) is 0.644. The Morgan fingerprint density at radius 2 is 1.83 bits per heavy atom. The summed E-state index contributed by atoms with van der Waals surface area (Å²) in [7, 11) is 0. The van der Waals surface area contributed by atoms with E-state index in [1.165, 1.54) is 12.8 Å². The van der Waals surface area contributed by atoms with Crippen LogP contribution in [0.2, 0.25) is 0 Å². The van der Waals surface area contributed by atoms with Gasteiger partial charge in [-0.1, -0.05) is 25.1 Å². The van der Waals surface area contributed by atoms with Gasteiger partial charge in [0.15, 0.2) is 0 Å². The first-order valence-corrected chi connectivity index (χ1v) is 7.43. The number of rotatable bonds is 4. The van der Waals surface area contributed by atoms with Crippen LogP contribution in [0.15, 0.2) is 0 Å². The number of amides is 2. The molecule has 2 fully saturated rings. The number of carbonyl (C=O) groups is 1. The minimum absolute atomic E-state index is 0.204. The fourth-order valence-corrected chi connectivity index (χ4v) is 2.59. The second-order valence-electron chi connectivity index (χ2n) is 5.32. The lowest BCUT2D eigenvalue weighted by Gasteiger charge is -2.30. The third-order valence-electron chi connectivity index (χ3n) is 3.71. The van der Waals surface area contributed by atoms with Gasteiger partial charge in [0.1, 0.15) is 0 Å². The summed E-state index contributed by atoms with van der Waals surface area (Å²) in [5.41, 5.74) is 5.54. The van der Waals surface area contributed by atoms with Gasteiger partial charge in [-0.2, -0.15) is 0 Å². The lowest BCUT2D eigenvalue weighted by atomic mass is 10.2. The van der Waals surface area contributed by atoms with Gasteiger partial charge in [0.2, 0.25) is 0 Å². The Kier molecular flexibility index (Phi) is 4.80. The summed E-state index contributed by atoms with van der Waals surface area (Å²) in [6.07, 6.45) is 7.69. The number of nitrogens with zero attached hydrogens (tertiary/aromatic N) is 2. The molecule has 1 saturated heterocycles. The van der Waals surface area contributed by atoms with E-state index < -0.39 is 0 Å². The molecule has 1 heterocycles. The molecule has 0 aromatic carbocycles. The Hall–Kier alpha value is -0.840. The molecule has 102 valence electrons. The zero-order valence-electron chi connectivity index (χ0n) is 10.9. The number of nitrogens with two attached hydrogens (primary N) is 1. The van der Waals surface area contributed by atoms with E-state index in [1.54, 1.807) is 0 Å². The molecule has 4 nitrogen and oxygen atoms in total. The van der Waals surface area contributed by atoms with Crippen molar-refractivity contribution >= 4 is 23.2 Å². The lowest BCUT2D eigenvalue weighted by Crippen LogP contribution is -2.45. The van der Waals surface area contributed by atoms with Gasteiger partial charge in [-0.15, -0.1) is 0 Å². The minimum atomic E-state index is 0.204. The van der Waals surface area contributed by atoms with E-state index >= 15 is 0 Å². The third kappa shape index (κ3) is 3.83. The summed E-state index contributed by atoms with van der Waals surface area (Å²) in [6.45, 7) is 2.51. The van der Waals surface area contributed by atoms with Crippen LogP contribution in [0, 0.1) is 0 Å². The topological polar surface area (TPSA) is 49.6 Å². The van der Waals surface area contributed by atoms with Crippen LogP contribution >= 0.6 is 12.2 Å². The predicted molar refractivity (Wildman–Crippen MR) is 76.6 cm³/mol. The molecule has 0 spiro atoms. The maximum absolute atomic E-state index is 12.5. The molecule has 18 heavy (non-hydrogen) atoms. The third-order valence-corrected chi connectivity index (χ3v) is 3.91. The Bertz CT molecular complexity index is 309. The van der Waals surface area contributed by atoms with E-state index in [1.807, 2.05) is 9.80 Å². The van der Waals surface area contributed by atoms with Gasteiger partial charge < -0.3 is 15.5 Å². The summed E-state index contributed by atoms with van der Waals surface area (Å²) in [5.74, 6) is 0. The Labute approximate surface area is 114 Å². The molecule has 0 atom stereocenters. The van der Waals surface area contributed by atoms with Crippen LogP contribution in [-0.4, -0.2) is 46.5 Å². The van der Waals surface area contributed by atoms with E-state index in [4.69, 9.17) is 18.0 Å². The molecule has 1 aliphatic carbocycles. The van der Waals surface area contributed by atoms with Crippen LogP contribution in [0.4, 0.5) is 4.79 Å². The highest BCUT2D eigenvalue weighted by molar-refractivity contribution is 7.80. The van der Waals surface area contributed by atoms with E-state index in [-0.39, 0.29) is 6.03 Å². The summed E-state index contributed by atoms with van der Waals surface area (Å²) in [5, 5.41) is 0. The monoisotopic (exact) mass is 269 g/mol. The molecule has 2 amide bonds. The van der Waals surface area contributed by atoms with Crippen LogP contribution in [0.5, 0.6) is 0 Å². The van der Waals surface area contributed by atoms with Crippen molar-refractivity contribution in [2.45, 2.75) is 51.0 Å². The number of thiocarbonyl (C=S) groups is 1. The van der Waals surface area contributed by atoms with E-state index in [0.717, 1.165) is 38.8 Å². The fraction of sp³-hybridized carbons (Fsp3) is 0.846. The van der Waals surface area contributed by atoms with Gasteiger partial charge in [0, 0.05) is 32.1 Å². The molecule has 0 bridgehead atoms. The molecule has 0 aromatic rings. The van der Waals surface area contributed by atoms with E-state index in [9.17, 15) is 4.79 Å². The average Bonchev–Trinajstić information content (AvgIpc) is 3.15. The molecule has 2 N–H and O–H groups in total. The van der Waals surface area contributed by atoms with Gasteiger partial charge >= 0.3 is 6.03 Å². The standard InChI is InChI=1S/C13H23N3OS/c14-12(18)7-10-16(11-5-6-11)13(17)15-8-3-1-2-4-9-15/h11H,1-10H2,(H2,14,18). The summed E-state index contributed by atoms with van der Waals surface area (Å²) < 4.78 is 0. The summed E-state index contributed by atoms with van der Waals surface area (Å²) >= 11 is 4.91. The van der Waals surface area contributed by atoms with Crippen LogP contribution in [0.1, 0.15) is 44.9 Å². The molecule has 1 aliphatic heterocycles. The smallest absolute Gasteiger partial charge is 0.320 e. The maximum atomic E-state index is 12.5. The Morgan fingerprint density at radius 1 is 1.22 bits per heavy atom. The molecule has 0 radical (unpaired) electrons. The van der Waals surface area contributed by atoms with Crippen molar-refractivity contribution in [2.24, 2.45) is 5.73 Å². The van der Waals surface area contributed by atoms with Crippen molar-refractivity contribution < 1.29 is 4.79 Å². The van der Waals surface area contributed by atoms with Crippen molar-refractivity contribution in [2.75, 3.05) is 19.6 Å². The maximum Gasteiger partial charge on any atom is 0.320 e. The van der Waals surface area contributed by atoms with Gasteiger partial charge in [0.05, 0.1) is 4.99 Å². The van der Waals surface area contributed by atoms with Crippen molar-refractivity contribution in [3.05, 3.63) is 0 Å². The highest BCUT2D eigenvalue weighted by Crippen LogP contribution is 2.28. The zero-order valence-corrected chi connectivity index (χ0v) is 11.8.